The summed E-state index contributed by atoms with van der Waals surface area (Å²) in [6.07, 6.45) is 3.05. The number of hydrogen-bond acceptors (Lipinski definition) is 7. The smallest absolute Gasteiger partial charge is 0.264 e. The average Bonchev–Trinajstić information content (AvgIpc) is 3.22. The maximum absolute atomic E-state index is 12.3. The number of oxime groups is 1. The standard InChI is InChI=1S/C19H21N3O5/c1-24-15-7-13(8-16(25-2)18(15)26-3)14-9-17(27-22-14)19(23)21-11-12-5-4-6-20-10-12/h4-8,10,17H,9,11H2,1-3H3,(H,21,23)/t17-/m0/s1. The Morgan fingerprint density at radius 2 is 1.96 bits per heavy atom. The maximum Gasteiger partial charge on any atom is 0.264 e. The van der Waals surface area contributed by atoms with Crippen molar-refractivity contribution in [3.05, 3.63) is 47.8 Å². The number of nitrogens with zero attached hydrogens (tertiary/aromatic N) is 2. The lowest BCUT2D eigenvalue weighted by Gasteiger charge is -2.13. The van der Waals surface area contributed by atoms with Gasteiger partial charge in [-0.25, -0.2) is 0 Å². The Bertz CT molecular complexity index is 813. The van der Waals surface area contributed by atoms with Gasteiger partial charge in [0.05, 0.1) is 27.0 Å². The van der Waals surface area contributed by atoms with Gasteiger partial charge in [-0.15, -0.1) is 0 Å². The molecule has 1 aliphatic rings. The van der Waals surface area contributed by atoms with Gasteiger partial charge in [0.2, 0.25) is 11.9 Å². The van der Waals surface area contributed by atoms with Crippen LogP contribution in [0.25, 0.3) is 0 Å². The van der Waals surface area contributed by atoms with Gasteiger partial charge >= 0.3 is 0 Å². The van der Waals surface area contributed by atoms with Crippen molar-refractivity contribution in [3.8, 4) is 17.2 Å². The molecule has 8 heteroatoms. The highest BCUT2D eigenvalue weighted by molar-refractivity contribution is 6.04. The van der Waals surface area contributed by atoms with Gasteiger partial charge in [0, 0.05) is 30.9 Å². The molecule has 0 saturated heterocycles. The zero-order valence-electron chi connectivity index (χ0n) is 15.4. The number of nitrogens with one attached hydrogen (secondary N) is 1. The minimum absolute atomic E-state index is 0.231. The summed E-state index contributed by atoms with van der Waals surface area (Å²) in [5.41, 5.74) is 2.29. The number of pyridine rings is 1. The summed E-state index contributed by atoms with van der Waals surface area (Å²) in [4.78, 5) is 21.7. The summed E-state index contributed by atoms with van der Waals surface area (Å²) in [6.45, 7) is 0.381. The summed E-state index contributed by atoms with van der Waals surface area (Å²) >= 11 is 0. The van der Waals surface area contributed by atoms with E-state index in [1.165, 1.54) is 0 Å². The molecule has 0 saturated carbocycles. The van der Waals surface area contributed by atoms with Crippen LogP contribution in [0.1, 0.15) is 17.5 Å². The molecule has 142 valence electrons. The fourth-order valence-corrected chi connectivity index (χ4v) is 2.74. The molecule has 0 fully saturated rings. The normalized spacial score (nSPS) is 15.5. The van der Waals surface area contributed by atoms with Crippen molar-refractivity contribution in [2.75, 3.05) is 21.3 Å². The van der Waals surface area contributed by atoms with E-state index in [2.05, 4.69) is 15.5 Å². The highest BCUT2D eigenvalue weighted by Gasteiger charge is 2.30. The van der Waals surface area contributed by atoms with Gasteiger partial charge in [-0.2, -0.15) is 0 Å². The Morgan fingerprint density at radius 3 is 2.56 bits per heavy atom. The number of benzene rings is 1. The first kappa shape index (κ1) is 18.5. The van der Waals surface area contributed by atoms with Gasteiger partial charge in [-0.05, 0) is 23.8 Å². The van der Waals surface area contributed by atoms with Gasteiger partial charge in [-0.1, -0.05) is 11.2 Å². The van der Waals surface area contributed by atoms with Crippen LogP contribution in [0.2, 0.25) is 0 Å². The second kappa shape index (κ2) is 8.39. The first-order valence-electron chi connectivity index (χ1n) is 8.36. The van der Waals surface area contributed by atoms with Gasteiger partial charge in [0.1, 0.15) is 0 Å². The number of rotatable bonds is 7. The molecule has 1 amide bonds. The molecule has 27 heavy (non-hydrogen) atoms. The Labute approximate surface area is 157 Å². The van der Waals surface area contributed by atoms with E-state index in [1.54, 1.807) is 45.9 Å². The molecule has 1 atom stereocenters. The lowest BCUT2D eigenvalue weighted by atomic mass is 10.0. The first-order valence-corrected chi connectivity index (χ1v) is 8.36. The first-order chi connectivity index (χ1) is 13.2. The summed E-state index contributed by atoms with van der Waals surface area (Å²) in [7, 11) is 4.63. The number of aromatic nitrogens is 1. The van der Waals surface area contributed by atoms with Crippen LogP contribution in [0, 0.1) is 0 Å². The van der Waals surface area contributed by atoms with Crippen molar-refractivity contribution in [2.45, 2.75) is 19.1 Å². The zero-order chi connectivity index (χ0) is 19.2. The molecular formula is C19H21N3O5. The summed E-state index contributed by atoms with van der Waals surface area (Å²) in [5.74, 6) is 1.29. The fourth-order valence-electron chi connectivity index (χ4n) is 2.74. The number of carbonyl (C=O) groups excluding carboxylic acids is 1. The predicted molar refractivity (Wildman–Crippen MR) is 98.2 cm³/mol. The zero-order valence-corrected chi connectivity index (χ0v) is 15.4. The molecule has 8 nitrogen and oxygen atoms in total. The number of ether oxygens (including phenoxy) is 3. The summed E-state index contributed by atoms with van der Waals surface area (Å²) < 4.78 is 16.0. The van der Waals surface area contributed by atoms with Crippen LogP contribution in [0.3, 0.4) is 0 Å². The van der Waals surface area contributed by atoms with E-state index in [9.17, 15) is 4.79 Å². The van der Waals surface area contributed by atoms with Gasteiger partial charge in [-0.3, -0.25) is 9.78 Å². The fraction of sp³-hybridized carbons (Fsp3) is 0.316. The van der Waals surface area contributed by atoms with Crippen molar-refractivity contribution >= 4 is 11.6 Å². The molecule has 0 bridgehead atoms. The van der Waals surface area contributed by atoms with Gasteiger partial charge in [0.25, 0.3) is 5.91 Å². The van der Waals surface area contributed by atoms with E-state index in [1.807, 2.05) is 12.1 Å². The third-order valence-electron chi connectivity index (χ3n) is 4.15. The Kier molecular flexibility index (Phi) is 5.75. The average molecular weight is 371 g/mol. The molecule has 3 rings (SSSR count). The number of amides is 1. The van der Waals surface area contributed by atoms with E-state index < -0.39 is 6.10 Å². The number of carbonyl (C=O) groups is 1. The molecule has 0 radical (unpaired) electrons. The number of methoxy groups -OCH3 is 3. The topological polar surface area (TPSA) is 91.3 Å². The predicted octanol–water partition coefficient (Wildman–Crippen LogP) is 1.92. The van der Waals surface area contributed by atoms with Crippen molar-refractivity contribution in [1.29, 1.82) is 0 Å². The van der Waals surface area contributed by atoms with Crippen molar-refractivity contribution in [1.82, 2.24) is 10.3 Å². The molecule has 2 heterocycles. The summed E-state index contributed by atoms with van der Waals surface area (Å²) in [5, 5.41) is 6.89. The quantitative estimate of drug-likeness (QED) is 0.800. The Hall–Kier alpha value is -3.29. The van der Waals surface area contributed by atoms with Crippen LogP contribution in [-0.4, -0.2) is 44.0 Å². The van der Waals surface area contributed by atoms with Gasteiger partial charge < -0.3 is 24.4 Å². The van der Waals surface area contributed by atoms with Crippen molar-refractivity contribution < 1.29 is 23.8 Å². The highest BCUT2D eigenvalue weighted by atomic mass is 16.6. The van der Waals surface area contributed by atoms with E-state index in [4.69, 9.17) is 19.0 Å². The van der Waals surface area contributed by atoms with Crippen molar-refractivity contribution in [2.24, 2.45) is 5.16 Å². The molecule has 1 aromatic carbocycles. The van der Waals surface area contributed by atoms with E-state index in [-0.39, 0.29) is 5.91 Å². The molecule has 2 aromatic rings. The largest absolute Gasteiger partial charge is 0.493 e. The van der Waals surface area contributed by atoms with Gasteiger partial charge in [0.15, 0.2) is 11.5 Å². The van der Waals surface area contributed by atoms with Crippen LogP contribution in [0.5, 0.6) is 17.2 Å². The number of hydrogen-bond donors (Lipinski definition) is 1. The minimum atomic E-state index is -0.684. The van der Waals surface area contributed by atoms with E-state index in [0.717, 1.165) is 11.1 Å². The second-order valence-electron chi connectivity index (χ2n) is 5.83. The third kappa shape index (κ3) is 4.11. The summed E-state index contributed by atoms with van der Waals surface area (Å²) in [6, 6.07) is 7.26. The minimum Gasteiger partial charge on any atom is -0.493 e. The van der Waals surface area contributed by atoms with E-state index in [0.29, 0.717) is 35.9 Å². The second-order valence-corrected chi connectivity index (χ2v) is 5.83. The maximum atomic E-state index is 12.3. The van der Waals surface area contributed by atoms with E-state index >= 15 is 0 Å². The molecule has 0 unspecified atom stereocenters. The Balaban J connectivity index is 1.67. The molecule has 0 spiro atoms. The monoisotopic (exact) mass is 371 g/mol. The van der Waals surface area contributed by atoms with Crippen molar-refractivity contribution in [3.63, 3.8) is 0 Å². The molecule has 0 aliphatic carbocycles. The SMILES string of the molecule is COc1cc(C2=NO[C@H](C(=O)NCc3cccnc3)C2)cc(OC)c1OC. The molecule has 1 aliphatic heterocycles. The third-order valence-corrected chi connectivity index (χ3v) is 4.15. The highest BCUT2D eigenvalue weighted by Crippen LogP contribution is 2.39. The lowest BCUT2D eigenvalue weighted by Crippen LogP contribution is -2.34. The van der Waals surface area contributed by atoms with Crippen LogP contribution >= 0.6 is 0 Å². The van der Waals surface area contributed by atoms with Crippen LogP contribution in [-0.2, 0) is 16.2 Å². The lowest BCUT2D eigenvalue weighted by molar-refractivity contribution is -0.131. The Morgan fingerprint density at radius 1 is 1.22 bits per heavy atom. The van der Waals surface area contributed by atoms with Crippen LogP contribution in [0.15, 0.2) is 41.8 Å². The molecular weight excluding hydrogens is 350 g/mol. The molecule has 1 N–H and O–H groups in total. The van der Waals surface area contributed by atoms with Crippen LogP contribution in [0.4, 0.5) is 0 Å². The molecule has 1 aromatic heterocycles. The van der Waals surface area contributed by atoms with Crippen LogP contribution < -0.4 is 19.5 Å².